The maximum absolute atomic E-state index is 11.6. The van der Waals surface area contributed by atoms with Crippen LogP contribution in [0.4, 0.5) is 5.82 Å². The second kappa shape index (κ2) is 4.48. The Bertz CT molecular complexity index is 554. The molecule has 0 radical (unpaired) electrons. The van der Waals surface area contributed by atoms with Crippen LogP contribution < -0.4 is 4.90 Å². The first-order valence-corrected chi connectivity index (χ1v) is 5.76. The fourth-order valence-electron chi connectivity index (χ4n) is 1.96. The van der Waals surface area contributed by atoms with E-state index in [4.69, 9.17) is 0 Å². The first-order chi connectivity index (χ1) is 8.84. The summed E-state index contributed by atoms with van der Waals surface area (Å²) in [7, 11) is 0. The highest BCUT2D eigenvalue weighted by Gasteiger charge is 2.22. The van der Waals surface area contributed by atoms with Crippen molar-refractivity contribution in [1.82, 2.24) is 20.4 Å². The van der Waals surface area contributed by atoms with Crippen molar-refractivity contribution in [2.24, 2.45) is 0 Å². The maximum Gasteiger partial charge on any atom is 0.228 e. The number of nitrogens with zero attached hydrogens (tertiary/aromatic N) is 5. The van der Waals surface area contributed by atoms with Crippen LogP contribution in [0.2, 0.25) is 0 Å². The summed E-state index contributed by atoms with van der Waals surface area (Å²) >= 11 is 0. The Morgan fingerprint density at radius 3 is 2.67 bits per heavy atom. The van der Waals surface area contributed by atoms with Gasteiger partial charge in [-0.3, -0.25) is 9.69 Å². The third kappa shape index (κ3) is 1.92. The van der Waals surface area contributed by atoms with E-state index in [1.54, 1.807) is 17.3 Å². The van der Waals surface area contributed by atoms with Crippen molar-refractivity contribution in [2.45, 2.75) is 12.8 Å². The number of anilines is 1. The number of hydrogen-bond acceptors (Lipinski definition) is 5. The fraction of sp³-hybridized carbons (Fsp3) is 0.250. The number of carbonyl (C=O) groups excluding carboxylic acids is 1. The van der Waals surface area contributed by atoms with Crippen molar-refractivity contribution in [3.63, 3.8) is 0 Å². The van der Waals surface area contributed by atoms with Gasteiger partial charge in [0.05, 0.1) is 18.1 Å². The summed E-state index contributed by atoms with van der Waals surface area (Å²) in [5.41, 5.74) is 1.58. The lowest BCUT2D eigenvalue weighted by atomic mass is 10.2. The van der Waals surface area contributed by atoms with Gasteiger partial charge >= 0.3 is 0 Å². The van der Waals surface area contributed by atoms with E-state index >= 15 is 0 Å². The van der Waals surface area contributed by atoms with Crippen LogP contribution in [0.25, 0.3) is 11.3 Å². The largest absolute Gasteiger partial charge is 0.295 e. The molecule has 0 spiro atoms. The highest BCUT2D eigenvalue weighted by Crippen LogP contribution is 2.20. The summed E-state index contributed by atoms with van der Waals surface area (Å²) in [6.07, 6.45) is 4.72. The molecule has 2 aromatic rings. The van der Waals surface area contributed by atoms with E-state index in [9.17, 15) is 4.79 Å². The van der Waals surface area contributed by atoms with Crippen LogP contribution in [0, 0.1) is 0 Å². The zero-order chi connectivity index (χ0) is 12.4. The zero-order valence-corrected chi connectivity index (χ0v) is 9.65. The first kappa shape index (κ1) is 10.8. The molecule has 1 aliphatic rings. The van der Waals surface area contributed by atoms with Gasteiger partial charge in [0.15, 0.2) is 5.82 Å². The van der Waals surface area contributed by atoms with E-state index in [1.165, 1.54) is 0 Å². The lowest BCUT2D eigenvalue weighted by molar-refractivity contribution is -0.117. The quantitative estimate of drug-likeness (QED) is 0.786. The van der Waals surface area contributed by atoms with Crippen molar-refractivity contribution in [3.8, 4) is 11.3 Å². The van der Waals surface area contributed by atoms with E-state index in [2.05, 4.69) is 20.4 Å². The molecule has 0 atom stereocenters. The molecule has 1 saturated heterocycles. The molecular weight excluding hydrogens is 230 g/mol. The van der Waals surface area contributed by atoms with Crippen molar-refractivity contribution in [3.05, 3.63) is 30.6 Å². The van der Waals surface area contributed by atoms with Crippen LogP contribution in [0.3, 0.4) is 0 Å². The van der Waals surface area contributed by atoms with Crippen LogP contribution in [-0.2, 0) is 4.79 Å². The molecule has 0 unspecified atom stereocenters. The van der Waals surface area contributed by atoms with Gasteiger partial charge in [0.2, 0.25) is 5.91 Å². The summed E-state index contributed by atoms with van der Waals surface area (Å²) < 4.78 is 0. The lowest BCUT2D eigenvalue weighted by Gasteiger charge is -2.13. The van der Waals surface area contributed by atoms with Gasteiger partial charge in [-0.1, -0.05) is 0 Å². The predicted molar refractivity (Wildman–Crippen MR) is 64.6 cm³/mol. The summed E-state index contributed by atoms with van der Waals surface area (Å²) in [4.78, 5) is 13.2. The summed E-state index contributed by atoms with van der Waals surface area (Å²) in [6, 6.07) is 5.47. The zero-order valence-electron chi connectivity index (χ0n) is 9.65. The topological polar surface area (TPSA) is 71.9 Å². The number of carbonyl (C=O) groups is 1. The second-order valence-electron chi connectivity index (χ2n) is 4.06. The molecule has 1 fully saturated rings. The Hall–Kier alpha value is -2.37. The molecule has 3 rings (SSSR count). The lowest BCUT2D eigenvalue weighted by Crippen LogP contribution is -2.24. The monoisotopic (exact) mass is 241 g/mol. The van der Waals surface area contributed by atoms with Gasteiger partial charge in [0, 0.05) is 18.5 Å². The van der Waals surface area contributed by atoms with Crippen molar-refractivity contribution < 1.29 is 4.79 Å². The van der Waals surface area contributed by atoms with Crippen LogP contribution >= 0.6 is 0 Å². The molecule has 0 aliphatic carbocycles. The number of hydrogen-bond donors (Lipinski definition) is 0. The Kier molecular flexibility index (Phi) is 2.68. The van der Waals surface area contributed by atoms with Gasteiger partial charge in [-0.25, -0.2) is 0 Å². The van der Waals surface area contributed by atoms with E-state index in [1.807, 2.05) is 18.2 Å². The highest BCUT2D eigenvalue weighted by atomic mass is 16.2. The first-order valence-electron chi connectivity index (χ1n) is 5.76. The Morgan fingerprint density at radius 2 is 2.06 bits per heavy atom. The molecule has 18 heavy (non-hydrogen) atoms. The molecule has 0 aromatic carbocycles. The van der Waals surface area contributed by atoms with Crippen LogP contribution in [0.1, 0.15) is 12.8 Å². The van der Waals surface area contributed by atoms with Gasteiger partial charge in [-0.15, -0.1) is 10.2 Å². The maximum atomic E-state index is 11.6. The normalized spacial score (nSPS) is 15.1. The molecule has 3 heterocycles. The van der Waals surface area contributed by atoms with Gasteiger partial charge in [0.25, 0.3) is 0 Å². The minimum atomic E-state index is 0.114. The molecular formula is C12H11N5O. The van der Waals surface area contributed by atoms with E-state index in [0.717, 1.165) is 24.2 Å². The fourth-order valence-corrected chi connectivity index (χ4v) is 1.96. The molecule has 2 aromatic heterocycles. The Balaban J connectivity index is 1.87. The second-order valence-corrected chi connectivity index (χ2v) is 4.06. The van der Waals surface area contributed by atoms with Gasteiger partial charge in [-0.2, -0.15) is 10.2 Å². The molecule has 1 aliphatic heterocycles. The van der Waals surface area contributed by atoms with Crippen LogP contribution in [-0.4, -0.2) is 32.8 Å². The van der Waals surface area contributed by atoms with Gasteiger partial charge in [-0.05, 0) is 24.6 Å². The smallest absolute Gasteiger partial charge is 0.228 e. The third-order valence-electron chi connectivity index (χ3n) is 2.88. The minimum Gasteiger partial charge on any atom is -0.295 e. The molecule has 90 valence electrons. The van der Waals surface area contributed by atoms with Gasteiger partial charge in [0.1, 0.15) is 0 Å². The average Bonchev–Trinajstić information content (AvgIpc) is 2.86. The van der Waals surface area contributed by atoms with Crippen molar-refractivity contribution in [2.75, 3.05) is 11.4 Å². The average molecular weight is 241 g/mol. The Morgan fingerprint density at radius 1 is 1.11 bits per heavy atom. The number of rotatable bonds is 2. The minimum absolute atomic E-state index is 0.114. The predicted octanol–water partition coefficient (Wildman–Crippen LogP) is 1.06. The van der Waals surface area contributed by atoms with Crippen LogP contribution in [0.15, 0.2) is 30.6 Å². The summed E-state index contributed by atoms with van der Waals surface area (Å²) in [6.45, 7) is 0.726. The molecule has 6 heteroatoms. The van der Waals surface area contributed by atoms with Crippen LogP contribution in [0.5, 0.6) is 0 Å². The molecule has 6 nitrogen and oxygen atoms in total. The molecule has 0 saturated carbocycles. The summed E-state index contributed by atoms with van der Waals surface area (Å²) in [5.74, 6) is 0.728. The number of aromatic nitrogens is 4. The summed E-state index contributed by atoms with van der Waals surface area (Å²) in [5, 5.41) is 15.7. The van der Waals surface area contributed by atoms with E-state index in [0.29, 0.717) is 12.2 Å². The molecule has 0 N–H and O–H groups in total. The Labute approximate surface area is 104 Å². The van der Waals surface area contributed by atoms with E-state index in [-0.39, 0.29) is 5.91 Å². The number of amides is 1. The van der Waals surface area contributed by atoms with Crippen molar-refractivity contribution >= 4 is 11.7 Å². The SMILES string of the molecule is O=C1CCCN1c1ccc(-c2ccnnc2)nn1. The van der Waals surface area contributed by atoms with Gasteiger partial charge < -0.3 is 0 Å². The molecule has 0 bridgehead atoms. The third-order valence-corrected chi connectivity index (χ3v) is 2.88. The molecule has 1 amide bonds. The van der Waals surface area contributed by atoms with Crippen molar-refractivity contribution in [1.29, 1.82) is 0 Å². The standard InChI is InChI=1S/C12H11N5O/c18-12-2-1-7-17(12)11-4-3-10(15-16-11)9-5-6-13-14-8-9/h3-6,8H,1-2,7H2. The highest BCUT2D eigenvalue weighted by molar-refractivity contribution is 5.94. The van der Waals surface area contributed by atoms with E-state index < -0.39 is 0 Å².